The molecule has 0 spiro atoms. The van der Waals surface area contributed by atoms with Crippen LogP contribution < -0.4 is 0 Å². The summed E-state index contributed by atoms with van der Waals surface area (Å²) >= 11 is 0. The quantitative estimate of drug-likeness (QED) is 0.632. The fourth-order valence-electron chi connectivity index (χ4n) is 2.07. The highest BCUT2D eigenvalue weighted by atomic mass is 14.5. The summed E-state index contributed by atoms with van der Waals surface area (Å²) in [6, 6.07) is 2.51. The third kappa shape index (κ3) is 3.33. The van der Waals surface area contributed by atoms with E-state index in [0.29, 0.717) is 5.92 Å². The molecule has 0 aromatic heterocycles. The van der Waals surface area contributed by atoms with Crippen LogP contribution in [0.15, 0.2) is 0 Å². The minimum atomic E-state index is 0.115. The second kappa shape index (κ2) is 6.87. The molecular formula is C13H25N. The third-order valence-electron chi connectivity index (χ3n) is 3.19. The minimum absolute atomic E-state index is 0.115. The molecule has 1 unspecified atom stereocenters. The van der Waals surface area contributed by atoms with Gasteiger partial charge in [-0.15, -0.1) is 0 Å². The van der Waals surface area contributed by atoms with Crippen molar-refractivity contribution in [2.24, 2.45) is 11.3 Å². The van der Waals surface area contributed by atoms with Crippen molar-refractivity contribution in [2.75, 3.05) is 0 Å². The molecule has 0 radical (unpaired) electrons. The molecule has 0 aromatic rings. The van der Waals surface area contributed by atoms with Gasteiger partial charge in [0.05, 0.1) is 11.5 Å². The Balaban J connectivity index is 0.000000791. The monoisotopic (exact) mass is 195 g/mol. The third-order valence-corrected chi connectivity index (χ3v) is 3.19. The van der Waals surface area contributed by atoms with Crippen LogP contribution in [0, 0.1) is 22.7 Å². The van der Waals surface area contributed by atoms with Crippen LogP contribution in [0.2, 0.25) is 0 Å². The van der Waals surface area contributed by atoms with Crippen molar-refractivity contribution < 1.29 is 0 Å². The molecule has 1 aliphatic carbocycles. The maximum absolute atomic E-state index is 9.01. The van der Waals surface area contributed by atoms with Gasteiger partial charge in [0.15, 0.2) is 0 Å². The molecule has 1 rings (SSSR count). The standard InChI is InChI=1S/C11H19N.C2H6/c1-3-5-6-10(4-2)11(9-12)7-8-11;1-2/h10H,3-8H2,1-2H3;1-2H3. The van der Waals surface area contributed by atoms with Gasteiger partial charge in [-0.2, -0.15) is 5.26 Å². The fourth-order valence-corrected chi connectivity index (χ4v) is 2.07. The molecule has 0 aliphatic heterocycles. The van der Waals surface area contributed by atoms with Gasteiger partial charge in [-0.25, -0.2) is 0 Å². The number of hydrogen-bond donors (Lipinski definition) is 0. The Labute approximate surface area is 89.5 Å². The number of nitrogens with zero attached hydrogens (tertiary/aromatic N) is 1. The van der Waals surface area contributed by atoms with Crippen LogP contribution in [0.3, 0.4) is 0 Å². The molecule has 0 bridgehead atoms. The molecule has 1 heteroatoms. The van der Waals surface area contributed by atoms with E-state index < -0.39 is 0 Å². The zero-order valence-electron chi connectivity index (χ0n) is 10.3. The zero-order valence-corrected chi connectivity index (χ0v) is 10.3. The summed E-state index contributed by atoms with van der Waals surface area (Å²) in [6.07, 6.45) is 7.32. The van der Waals surface area contributed by atoms with Crippen LogP contribution >= 0.6 is 0 Å². The van der Waals surface area contributed by atoms with Crippen LogP contribution in [0.5, 0.6) is 0 Å². The van der Waals surface area contributed by atoms with Crippen LogP contribution in [-0.2, 0) is 0 Å². The van der Waals surface area contributed by atoms with Crippen LogP contribution in [0.25, 0.3) is 0 Å². The summed E-state index contributed by atoms with van der Waals surface area (Å²) < 4.78 is 0. The Morgan fingerprint density at radius 3 is 2.14 bits per heavy atom. The smallest absolute Gasteiger partial charge is 0.0692 e. The number of unbranched alkanes of at least 4 members (excludes halogenated alkanes) is 1. The van der Waals surface area contributed by atoms with Crippen LogP contribution in [0.4, 0.5) is 0 Å². The van der Waals surface area contributed by atoms with Crippen LogP contribution in [0.1, 0.15) is 66.2 Å². The molecule has 0 aromatic carbocycles. The number of hydrogen-bond acceptors (Lipinski definition) is 1. The lowest BCUT2D eigenvalue weighted by Crippen LogP contribution is -2.13. The Hall–Kier alpha value is -0.510. The molecule has 0 saturated heterocycles. The summed E-state index contributed by atoms with van der Waals surface area (Å²) in [5.41, 5.74) is 0.115. The lowest BCUT2D eigenvalue weighted by atomic mass is 9.84. The van der Waals surface area contributed by atoms with Crippen molar-refractivity contribution in [1.29, 1.82) is 5.26 Å². The van der Waals surface area contributed by atoms with E-state index in [1.807, 2.05) is 13.8 Å². The molecule has 1 fully saturated rings. The lowest BCUT2D eigenvalue weighted by Gasteiger charge is -2.18. The highest BCUT2D eigenvalue weighted by molar-refractivity contribution is 5.12. The molecule has 1 saturated carbocycles. The average Bonchev–Trinajstić information content (AvgIpc) is 3.03. The van der Waals surface area contributed by atoms with E-state index >= 15 is 0 Å². The Bertz CT molecular complexity index is 174. The largest absolute Gasteiger partial charge is 0.198 e. The van der Waals surface area contributed by atoms with Crippen molar-refractivity contribution >= 4 is 0 Å². The van der Waals surface area contributed by atoms with Gasteiger partial charge >= 0.3 is 0 Å². The summed E-state index contributed by atoms with van der Waals surface area (Å²) in [5, 5.41) is 9.01. The predicted octanol–water partition coefficient (Wildman–Crippen LogP) is 4.53. The maximum Gasteiger partial charge on any atom is 0.0692 e. The molecule has 14 heavy (non-hydrogen) atoms. The molecule has 1 nitrogen and oxygen atoms in total. The van der Waals surface area contributed by atoms with E-state index in [0.717, 1.165) is 12.8 Å². The molecule has 1 aliphatic rings. The lowest BCUT2D eigenvalue weighted by molar-refractivity contribution is 0.337. The molecule has 0 N–H and O–H groups in total. The van der Waals surface area contributed by atoms with Crippen molar-refractivity contribution in [3.8, 4) is 6.07 Å². The second-order valence-electron chi connectivity index (χ2n) is 4.02. The van der Waals surface area contributed by atoms with Gasteiger partial charge in [0.2, 0.25) is 0 Å². The van der Waals surface area contributed by atoms with E-state index in [1.54, 1.807) is 0 Å². The van der Waals surface area contributed by atoms with Crippen molar-refractivity contribution in [1.82, 2.24) is 0 Å². The first-order valence-corrected chi connectivity index (χ1v) is 6.20. The van der Waals surface area contributed by atoms with Gasteiger partial charge in [-0.3, -0.25) is 0 Å². The van der Waals surface area contributed by atoms with Crippen molar-refractivity contribution in [2.45, 2.75) is 66.2 Å². The molecule has 82 valence electrons. The van der Waals surface area contributed by atoms with Crippen molar-refractivity contribution in [3.63, 3.8) is 0 Å². The molecule has 0 heterocycles. The van der Waals surface area contributed by atoms with Gasteiger partial charge < -0.3 is 0 Å². The van der Waals surface area contributed by atoms with Gasteiger partial charge in [0, 0.05) is 0 Å². The van der Waals surface area contributed by atoms with Gasteiger partial charge in [0.1, 0.15) is 0 Å². The SMILES string of the molecule is CC.CCCCC(CC)C1(C#N)CC1. The normalized spacial score (nSPS) is 18.8. The fraction of sp³-hybridized carbons (Fsp3) is 0.923. The first kappa shape index (κ1) is 13.5. The summed E-state index contributed by atoms with van der Waals surface area (Å²) in [7, 11) is 0. The second-order valence-corrected chi connectivity index (χ2v) is 4.02. The highest BCUT2D eigenvalue weighted by Gasteiger charge is 2.48. The summed E-state index contributed by atoms with van der Waals surface area (Å²) in [6.45, 7) is 8.44. The van der Waals surface area contributed by atoms with E-state index in [4.69, 9.17) is 5.26 Å². The Kier molecular flexibility index (Phi) is 6.62. The minimum Gasteiger partial charge on any atom is -0.198 e. The van der Waals surface area contributed by atoms with Crippen LogP contribution in [-0.4, -0.2) is 0 Å². The first-order chi connectivity index (χ1) is 6.79. The Morgan fingerprint density at radius 2 is 1.86 bits per heavy atom. The van der Waals surface area contributed by atoms with E-state index in [2.05, 4.69) is 19.9 Å². The van der Waals surface area contributed by atoms with Gasteiger partial charge in [-0.05, 0) is 25.2 Å². The average molecular weight is 195 g/mol. The van der Waals surface area contributed by atoms with E-state index in [-0.39, 0.29) is 5.41 Å². The predicted molar refractivity (Wildman–Crippen MR) is 61.9 cm³/mol. The molecule has 0 amide bonds. The van der Waals surface area contributed by atoms with E-state index in [1.165, 1.54) is 25.7 Å². The topological polar surface area (TPSA) is 23.8 Å². The molecular weight excluding hydrogens is 170 g/mol. The zero-order chi connectivity index (χ0) is 11.0. The first-order valence-electron chi connectivity index (χ1n) is 6.20. The number of rotatable bonds is 5. The van der Waals surface area contributed by atoms with Gasteiger partial charge in [-0.1, -0.05) is 47.0 Å². The summed E-state index contributed by atoms with van der Waals surface area (Å²) in [5.74, 6) is 0.683. The summed E-state index contributed by atoms with van der Waals surface area (Å²) in [4.78, 5) is 0. The maximum atomic E-state index is 9.01. The Morgan fingerprint density at radius 1 is 1.29 bits per heavy atom. The number of nitriles is 1. The van der Waals surface area contributed by atoms with E-state index in [9.17, 15) is 0 Å². The van der Waals surface area contributed by atoms with Crippen molar-refractivity contribution in [3.05, 3.63) is 0 Å². The van der Waals surface area contributed by atoms with Gasteiger partial charge in [0.25, 0.3) is 0 Å². The highest BCUT2D eigenvalue weighted by Crippen LogP contribution is 2.54. The molecule has 1 atom stereocenters.